The van der Waals surface area contributed by atoms with Gasteiger partial charge in [0.25, 0.3) is 0 Å². The Kier molecular flexibility index (Phi) is 15.8. The first-order valence-corrected chi connectivity index (χ1v) is 19.1. The second-order valence-electron chi connectivity index (χ2n) is 9.50. The van der Waals surface area contributed by atoms with Gasteiger partial charge in [-0.2, -0.15) is 0 Å². The molecule has 0 atom stereocenters. The highest BCUT2D eigenvalue weighted by Gasteiger charge is 2.07. The van der Waals surface area contributed by atoms with Gasteiger partial charge in [-0.3, -0.25) is 0 Å². The van der Waals surface area contributed by atoms with Gasteiger partial charge in [-0.25, -0.2) is 0 Å². The normalized spacial score (nSPS) is 10.4. The number of benzene rings is 5. The standard InChI is InChI=1S/C22H18S4.C15H14S3/c23-21(25-15-17-7-3-1-4-8-17)19-11-13-20(14-12-19)22(24)26-16-18-9-5-2-6-10-18;16-15(17-11-13-7-3-1-4-8-13)18-12-14-9-5-2-6-10-14/h1-14H,15-16H2;1-10H,11-12H2. The maximum Gasteiger partial charge on any atom is 0.104 e. The molecule has 7 heteroatoms. The molecule has 0 nitrogen and oxygen atoms in total. The molecule has 0 N–H and O–H groups in total. The van der Waals surface area contributed by atoms with Crippen LogP contribution < -0.4 is 0 Å². The van der Waals surface area contributed by atoms with Crippen molar-refractivity contribution in [3.63, 3.8) is 0 Å². The van der Waals surface area contributed by atoms with Gasteiger partial charge in [-0.15, -0.1) is 47.0 Å². The molecule has 0 aliphatic heterocycles. The van der Waals surface area contributed by atoms with Gasteiger partial charge < -0.3 is 0 Å². The molecule has 0 aromatic heterocycles. The van der Waals surface area contributed by atoms with E-state index in [4.69, 9.17) is 36.7 Å². The van der Waals surface area contributed by atoms with Crippen molar-refractivity contribution in [3.8, 4) is 0 Å². The molecule has 0 saturated heterocycles. The minimum Gasteiger partial charge on any atom is -0.109 e. The van der Waals surface area contributed by atoms with Crippen LogP contribution in [0.3, 0.4) is 0 Å². The topological polar surface area (TPSA) is 0 Å². The summed E-state index contributed by atoms with van der Waals surface area (Å²) in [5.41, 5.74) is 7.39. The summed E-state index contributed by atoms with van der Waals surface area (Å²) >= 11 is 23.4. The highest BCUT2D eigenvalue weighted by Crippen LogP contribution is 2.25. The van der Waals surface area contributed by atoms with Crippen LogP contribution in [0.15, 0.2) is 146 Å². The second-order valence-corrected chi connectivity index (χ2v) is 16.0. The van der Waals surface area contributed by atoms with Crippen molar-refractivity contribution in [2.24, 2.45) is 0 Å². The van der Waals surface area contributed by atoms with E-state index in [0.29, 0.717) is 0 Å². The van der Waals surface area contributed by atoms with E-state index in [2.05, 4.69) is 121 Å². The van der Waals surface area contributed by atoms with E-state index in [9.17, 15) is 0 Å². The molecular weight excluding hydrogens is 669 g/mol. The number of thioether (sulfide) groups is 4. The summed E-state index contributed by atoms with van der Waals surface area (Å²) in [6.07, 6.45) is 0. The summed E-state index contributed by atoms with van der Waals surface area (Å²) < 4.78 is 2.86. The van der Waals surface area contributed by atoms with E-state index >= 15 is 0 Å². The fourth-order valence-corrected chi connectivity index (χ4v) is 8.04. The average molecular weight is 701 g/mol. The van der Waals surface area contributed by atoms with Crippen LogP contribution in [0.25, 0.3) is 0 Å². The van der Waals surface area contributed by atoms with Crippen LogP contribution in [-0.2, 0) is 23.0 Å². The predicted molar refractivity (Wildman–Crippen MR) is 213 cm³/mol. The summed E-state index contributed by atoms with van der Waals surface area (Å²) in [5.74, 6) is 3.71. The van der Waals surface area contributed by atoms with Gasteiger partial charge in [0, 0.05) is 23.0 Å². The van der Waals surface area contributed by atoms with Crippen LogP contribution in [0.4, 0.5) is 0 Å². The molecular formula is C37H32S7. The SMILES string of the molecule is S=C(SCc1ccccc1)SCc1ccccc1.S=C(SCc1ccccc1)c1ccc(C(=S)SCc2ccccc2)cc1. The number of thiocarbonyl (C=S) groups is 3. The molecule has 0 aliphatic rings. The van der Waals surface area contributed by atoms with Crippen LogP contribution in [0.5, 0.6) is 0 Å². The Bertz CT molecular complexity index is 1450. The van der Waals surface area contributed by atoms with Crippen molar-refractivity contribution in [1.82, 2.24) is 0 Å². The lowest BCUT2D eigenvalue weighted by Crippen LogP contribution is -1.96. The Hall–Kier alpha value is -2.23. The molecule has 5 aromatic rings. The zero-order chi connectivity index (χ0) is 30.8. The smallest absolute Gasteiger partial charge is 0.104 e. The second kappa shape index (κ2) is 20.0. The Balaban J connectivity index is 0.000000215. The van der Waals surface area contributed by atoms with Gasteiger partial charge in [0.05, 0.1) is 8.39 Å². The lowest BCUT2D eigenvalue weighted by Gasteiger charge is -2.07. The summed E-state index contributed by atoms with van der Waals surface area (Å²) in [7, 11) is 0. The summed E-state index contributed by atoms with van der Waals surface area (Å²) in [6, 6.07) is 50.0. The zero-order valence-electron chi connectivity index (χ0n) is 24.0. The Morgan fingerprint density at radius 3 is 0.864 bits per heavy atom. The lowest BCUT2D eigenvalue weighted by atomic mass is 10.2. The van der Waals surface area contributed by atoms with E-state index in [1.165, 1.54) is 22.3 Å². The lowest BCUT2D eigenvalue weighted by molar-refractivity contribution is 1.42. The molecule has 0 aliphatic carbocycles. The van der Waals surface area contributed by atoms with Gasteiger partial charge in [-0.1, -0.05) is 182 Å². The molecule has 5 aromatic carbocycles. The quantitative estimate of drug-likeness (QED) is 0.131. The van der Waals surface area contributed by atoms with Crippen LogP contribution in [-0.4, -0.2) is 11.9 Å². The predicted octanol–water partition coefficient (Wildman–Crippen LogP) is 12.0. The minimum atomic E-state index is 0.896. The van der Waals surface area contributed by atoms with E-state index in [1.54, 1.807) is 47.0 Å². The number of hydrogen-bond acceptors (Lipinski definition) is 7. The third-order valence-electron chi connectivity index (χ3n) is 6.18. The Labute approximate surface area is 295 Å². The molecule has 0 fully saturated rings. The monoisotopic (exact) mass is 700 g/mol. The zero-order valence-corrected chi connectivity index (χ0v) is 29.8. The summed E-state index contributed by atoms with van der Waals surface area (Å²) in [4.78, 5) is 0. The molecule has 0 heterocycles. The fourth-order valence-electron chi connectivity index (χ4n) is 3.83. The average Bonchev–Trinajstić information content (AvgIpc) is 3.10. The Morgan fingerprint density at radius 1 is 0.341 bits per heavy atom. The maximum absolute atomic E-state index is 5.57. The van der Waals surface area contributed by atoms with Crippen molar-refractivity contribution in [3.05, 3.63) is 179 Å². The third-order valence-corrected chi connectivity index (χ3v) is 12.2. The first-order valence-electron chi connectivity index (χ1n) is 14.0. The van der Waals surface area contributed by atoms with Crippen LogP contribution in [0.2, 0.25) is 0 Å². The highest BCUT2D eigenvalue weighted by molar-refractivity contribution is 8.46. The largest absolute Gasteiger partial charge is 0.109 e. The van der Waals surface area contributed by atoms with Gasteiger partial charge in [0.15, 0.2) is 0 Å². The Morgan fingerprint density at radius 2 is 0.591 bits per heavy atom. The molecule has 5 rings (SSSR count). The summed E-state index contributed by atoms with van der Waals surface area (Å²) in [6.45, 7) is 0. The number of hydrogen-bond donors (Lipinski definition) is 0. The molecule has 0 bridgehead atoms. The van der Waals surface area contributed by atoms with Gasteiger partial charge in [-0.05, 0) is 33.4 Å². The van der Waals surface area contributed by atoms with E-state index in [0.717, 1.165) is 46.1 Å². The molecule has 44 heavy (non-hydrogen) atoms. The van der Waals surface area contributed by atoms with E-state index in [-0.39, 0.29) is 0 Å². The van der Waals surface area contributed by atoms with Crippen molar-refractivity contribution < 1.29 is 0 Å². The third kappa shape index (κ3) is 13.0. The molecule has 0 spiro atoms. The van der Waals surface area contributed by atoms with Crippen molar-refractivity contribution >= 4 is 95.6 Å². The van der Waals surface area contributed by atoms with Crippen molar-refractivity contribution in [2.45, 2.75) is 23.0 Å². The van der Waals surface area contributed by atoms with Gasteiger partial charge in [0.2, 0.25) is 0 Å². The molecule has 0 radical (unpaired) electrons. The molecule has 222 valence electrons. The van der Waals surface area contributed by atoms with Gasteiger partial charge in [0.1, 0.15) is 3.53 Å². The van der Waals surface area contributed by atoms with Crippen LogP contribution >= 0.6 is 83.7 Å². The number of rotatable bonds is 10. The van der Waals surface area contributed by atoms with Crippen molar-refractivity contribution in [1.29, 1.82) is 0 Å². The first-order chi connectivity index (χ1) is 21.6. The van der Waals surface area contributed by atoms with E-state index in [1.807, 2.05) is 24.3 Å². The summed E-state index contributed by atoms with van der Waals surface area (Å²) in [5, 5.41) is 0. The molecule has 0 amide bonds. The first kappa shape index (κ1) is 34.6. The van der Waals surface area contributed by atoms with Crippen molar-refractivity contribution in [2.75, 3.05) is 0 Å². The van der Waals surface area contributed by atoms with Gasteiger partial charge >= 0.3 is 0 Å². The van der Waals surface area contributed by atoms with Crippen LogP contribution in [0, 0.1) is 0 Å². The maximum atomic E-state index is 5.57. The van der Waals surface area contributed by atoms with Crippen LogP contribution in [0.1, 0.15) is 33.4 Å². The van der Waals surface area contributed by atoms with E-state index < -0.39 is 0 Å². The minimum absolute atomic E-state index is 0.896. The molecule has 0 unspecified atom stereocenters. The highest BCUT2D eigenvalue weighted by atomic mass is 32.2. The fraction of sp³-hybridized carbons (Fsp3) is 0.108. The molecule has 0 saturated carbocycles.